The normalized spacial score (nSPS) is 12.0. The number of amides is 1. The number of carbonyl (C=O) groups excluding carboxylic acids is 1. The average molecular weight is 364 g/mol. The monoisotopic (exact) mass is 363 g/mol. The average Bonchev–Trinajstić information content (AvgIpc) is 2.50. The summed E-state index contributed by atoms with van der Waals surface area (Å²) >= 11 is 3.49. The van der Waals surface area contributed by atoms with Crippen LogP contribution < -0.4 is 0 Å². The van der Waals surface area contributed by atoms with Crippen LogP contribution in [0.4, 0.5) is 4.39 Å². The second kappa shape index (κ2) is 7.54. The molecule has 0 spiro atoms. The lowest BCUT2D eigenvalue weighted by Gasteiger charge is -2.20. The van der Waals surface area contributed by atoms with E-state index in [1.165, 1.54) is 12.1 Å². The minimum absolute atomic E-state index is 0.0646. The van der Waals surface area contributed by atoms with Gasteiger partial charge in [0.2, 0.25) is 5.91 Å². The number of rotatable bonds is 5. The molecule has 0 aliphatic rings. The van der Waals surface area contributed by atoms with Crippen molar-refractivity contribution in [3.63, 3.8) is 0 Å². The van der Waals surface area contributed by atoms with Crippen molar-refractivity contribution in [1.82, 2.24) is 4.90 Å². The van der Waals surface area contributed by atoms with Gasteiger partial charge in [0.15, 0.2) is 0 Å². The van der Waals surface area contributed by atoms with Crippen LogP contribution in [0.5, 0.6) is 0 Å². The Morgan fingerprint density at radius 3 is 2.45 bits per heavy atom. The lowest BCUT2D eigenvalue weighted by molar-refractivity contribution is -0.130. The van der Waals surface area contributed by atoms with Gasteiger partial charge >= 0.3 is 0 Å². The van der Waals surface area contributed by atoms with Crippen LogP contribution >= 0.6 is 15.9 Å². The zero-order valence-electron chi connectivity index (χ0n) is 12.7. The molecule has 0 aliphatic carbocycles. The van der Waals surface area contributed by atoms with Gasteiger partial charge in [0.05, 0.1) is 0 Å². The summed E-state index contributed by atoms with van der Waals surface area (Å²) in [4.78, 5) is 14.1. The van der Waals surface area contributed by atoms with E-state index in [0.717, 1.165) is 15.6 Å². The summed E-state index contributed by atoms with van der Waals surface area (Å²) in [5.41, 5.74) is 2.05. The zero-order chi connectivity index (χ0) is 16.1. The molecule has 1 amide bonds. The van der Waals surface area contributed by atoms with Crippen LogP contribution in [0.1, 0.15) is 30.4 Å². The summed E-state index contributed by atoms with van der Waals surface area (Å²) in [5.74, 6) is -0.115. The first-order valence-electron chi connectivity index (χ1n) is 7.20. The quantitative estimate of drug-likeness (QED) is 0.751. The van der Waals surface area contributed by atoms with Gasteiger partial charge in [-0.3, -0.25) is 4.79 Å². The highest BCUT2D eigenvalue weighted by Crippen LogP contribution is 2.22. The van der Waals surface area contributed by atoms with Crippen molar-refractivity contribution in [2.45, 2.75) is 25.8 Å². The maximum atomic E-state index is 12.9. The van der Waals surface area contributed by atoms with Gasteiger partial charge in [-0.25, -0.2) is 4.39 Å². The van der Waals surface area contributed by atoms with Gasteiger partial charge in [-0.15, -0.1) is 0 Å². The Morgan fingerprint density at radius 1 is 1.18 bits per heavy atom. The Hall–Kier alpha value is -1.68. The number of hydrogen-bond donors (Lipinski definition) is 0. The molecule has 2 rings (SSSR count). The first kappa shape index (κ1) is 16.7. The fourth-order valence-electron chi connectivity index (χ4n) is 2.30. The molecule has 22 heavy (non-hydrogen) atoms. The first-order valence-corrected chi connectivity index (χ1v) is 7.99. The van der Waals surface area contributed by atoms with Gasteiger partial charge in [0, 0.05) is 24.5 Å². The third-order valence-corrected chi connectivity index (χ3v) is 4.48. The highest BCUT2D eigenvalue weighted by atomic mass is 79.9. The van der Waals surface area contributed by atoms with Crippen LogP contribution in [0, 0.1) is 5.82 Å². The molecule has 0 N–H and O–H groups in total. The summed E-state index contributed by atoms with van der Waals surface area (Å²) in [6.07, 6.45) is 0.409. The number of carbonyl (C=O) groups is 1. The van der Waals surface area contributed by atoms with Crippen LogP contribution in [0.15, 0.2) is 53.0 Å². The second-order valence-electron chi connectivity index (χ2n) is 5.50. The molecular formula is C18H19BrFNO. The molecule has 0 radical (unpaired) electrons. The number of halogens is 2. The largest absolute Gasteiger partial charge is 0.341 e. The molecule has 0 aliphatic heterocycles. The zero-order valence-corrected chi connectivity index (χ0v) is 14.3. The van der Waals surface area contributed by atoms with E-state index in [1.54, 1.807) is 24.1 Å². The summed E-state index contributed by atoms with van der Waals surface area (Å²) in [7, 11) is 1.80. The predicted octanol–water partition coefficient (Wildman–Crippen LogP) is 4.74. The van der Waals surface area contributed by atoms with Crippen molar-refractivity contribution >= 4 is 21.8 Å². The predicted molar refractivity (Wildman–Crippen MR) is 90.0 cm³/mol. The molecule has 1 atom stereocenters. The third-order valence-electron chi connectivity index (χ3n) is 3.71. The first-order chi connectivity index (χ1) is 10.5. The molecule has 1 unspecified atom stereocenters. The summed E-state index contributed by atoms with van der Waals surface area (Å²) < 4.78 is 13.9. The van der Waals surface area contributed by atoms with E-state index in [2.05, 4.69) is 15.9 Å². The Morgan fingerprint density at radius 2 is 1.82 bits per heavy atom. The van der Waals surface area contributed by atoms with E-state index in [-0.39, 0.29) is 17.6 Å². The molecular weight excluding hydrogens is 345 g/mol. The fourth-order valence-corrected chi connectivity index (χ4v) is 2.71. The molecule has 0 bridgehead atoms. The van der Waals surface area contributed by atoms with E-state index >= 15 is 0 Å². The van der Waals surface area contributed by atoms with Crippen LogP contribution in [0.3, 0.4) is 0 Å². The lowest BCUT2D eigenvalue weighted by Crippen LogP contribution is -2.27. The van der Waals surface area contributed by atoms with Gasteiger partial charge in [-0.05, 0) is 35.2 Å². The van der Waals surface area contributed by atoms with Crippen LogP contribution in [-0.4, -0.2) is 17.9 Å². The van der Waals surface area contributed by atoms with Crippen molar-refractivity contribution in [3.8, 4) is 0 Å². The lowest BCUT2D eigenvalue weighted by atomic mass is 9.97. The fraction of sp³-hybridized carbons (Fsp3) is 0.278. The second-order valence-corrected chi connectivity index (χ2v) is 6.35. The van der Waals surface area contributed by atoms with Crippen LogP contribution in [0.25, 0.3) is 0 Å². The Labute approximate surface area is 139 Å². The molecule has 4 heteroatoms. The Kier molecular flexibility index (Phi) is 5.72. The molecule has 2 aromatic carbocycles. The van der Waals surface area contributed by atoms with Crippen molar-refractivity contribution in [2.75, 3.05) is 7.05 Å². The molecule has 0 saturated carbocycles. The van der Waals surface area contributed by atoms with Crippen LogP contribution in [0.2, 0.25) is 0 Å². The Bertz CT molecular complexity index is 642. The Balaban J connectivity index is 1.96. The van der Waals surface area contributed by atoms with Crippen molar-refractivity contribution in [1.29, 1.82) is 0 Å². The number of nitrogens with zero attached hydrogens (tertiary/aromatic N) is 1. The van der Waals surface area contributed by atoms with Gasteiger partial charge < -0.3 is 4.90 Å². The third kappa shape index (κ3) is 4.41. The van der Waals surface area contributed by atoms with Gasteiger partial charge in [-0.2, -0.15) is 0 Å². The van der Waals surface area contributed by atoms with Crippen molar-refractivity contribution in [2.24, 2.45) is 0 Å². The smallest absolute Gasteiger partial charge is 0.223 e. The van der Waals surface area contributed by atoms with Gasteiger partial charge in [0.1, 0.15) is 5.82 Å². The highest BCUT2D eigenvalue weighted by molar-refractivity contribution is 9.10. The summed E-state index contributed by atoms with van der Waals surface area (Å²) in [6, 6.07) is 14.2. The van der Waals surface area contributed by atoms with E-state index in [9.17, 15) is 9.18 Å². The molecule has 0 saturated heterocycles. The maximum Gasteiger partial charge on any atom is 0.223 e. The molecule has 116 valence electrons. The molecule has 0 fully saturated rings. The maximum absolute atomic E-state index is 12.9. The van der Waals surface area contributed by atoms with Crippen molar-refractivity contribution < 1.29 is 9.18 Å². The molecule has 0 aromatic heterocycles. The molecule has 0 heterocycles. The van der Waals surface area contributed by atoms with Gasteiger partial charge in [-0.1, -0.05) is 53.2 Å². The SMILES string of the molecule is CC(CC(=O)N(C)Cc1ccccc1Br)c1ccc(F)cc1. The van der Waals surface area contributed by atoms with E-state index in [1.807, 2.05) is 31.2 Å². The molecule has 2 aromatic rings. The van der Waals surface area contributed by atoms with Crippen molar-refractivity contribution in [3.05, 3.63) is 69.9 Å². The summed E-state index contributed by atoms with van der Waals surface area (Å²) in [5, 5.41) is 0. The number of hydrogen-bond acceptors (Lipinski definition) is 1. The van der Waals surface area contributed by atoms with E-state index in [0.29, 0.717) is 13.0 Å². The topological polar surface area (TPSA) is 20.3 Å². The highest BCUT2D eigenvalue weighted by Gasteiger charge is 2.16. The van der Waals surface area contributed by atoms with E-state index in [4.69, 9.17) is 0 Å². The van der Waals surface area contributed by atoms with E-state index < -0.39 is 0 Å². The van der Waals surface area contributed by atoms with Gasteiger partial charge in [0.25, 0.3) is 0 Å². The number of benzene rings is 2. The summed E-state index contributed by atoms with van der Waals surface area (Å²) in [6.45, 7) is 2.55. The standard InChI is InChI=1S/C18H19BrFNO/c1-13(14-7-9-16(20)10-8-14)11-18(22)21(2)12-15-5-3-4-6-17(15)19/h3-10,13H,11-12H2,1-2H3. The molecule has 2 nitrogen and oxygen atoms in total. The minimum atomic E-state index is -0.256. The minimum Gasteiger partial charge on any atom is -0.341 e. The van der Waals surface area contributed by atoms with Crippen LogP contribution in [-0.2, 0) is 11.3 Å².